The maximum absolute atomic E-state index is 4.47. The van der Waals surface area contributed by atoms with E-state index in [9.17, 15) is 0 Å². The van der Waals surface area contributed by atoms with E-state index in [0.29, 0.717) is 17.3 Å². The van der Waals surface area contributed by atoms with Gasteiger partial charge in [-0.1, -0.05) is 112 Å². The molecule has 1 fully saturated rings. The highest BCUT2D eigenvalue weighted by molar-refractivity contribution is 5.13. The molecule has 1 rings (SSSR count). The predicted molar refractivity (Wildman–Crippen MR) is 151 cm³/mol. The Morgan fingerprint density at radius 1 is 0.970 bits per heavy atom. The van der Waals surface area contributed by atoms with E-state index >= 15 is 0 Å². The summed E-state index contributed by atoms with van der Waals surface area (Å²) in [5.74, 6) is 5.33. The average Bonchev–Trinajstić information content (AvgIpc) is 2.76. The third-order valence-electron chi connectivity index (χ3n) is 10.1. The quantitative estimate of drug-likeness (QED) is 0.228. The highest BCUT2D eigenvalue weighted by atomic mass is 14.4. The van der Waals surface area contributed by atoms with E-state index in [1.54, 1.807) is 0 Å². The summed E-state index contributed by atoms with van der Waals surface area (Å²) in [4.78, 5) is 0. The normalized spacial score (nSPS) is 26.7. The average molecular weight is 457 g/mol. The van der Waals surface area contributed by atoms with Crippen molar-refractivity contribution in [2.24, 2.45) is 52.3 Å². The van der Waals surface area contributed by atoms with Crippen LogP contribution < -0.4 is 0 Å². The molecule has 0 N–H and O–H groups in total. The molecule has 1 saturated carbocycles. The fraction of sp³-hybridized carbons (Fsp3) is 0.818. The standard InChI is InChI=1S/C33H60/c1-13-33(12,23-21-31-29(8)18-19-30(9)32(31,10)11)22-20-25(4)14-15-27(6)28(7)17-16-26(5)24(2)3/h13,20,22,24-28,30-31H,1,8,14-19,21,23H2,2-7,9-12H3. The van der Waals surface area contributed by atoms with Gasteiger partial charge in [0.15, 0.2) is 0 Å². The van der Waals surface area contributed by atoms with Gasteiger partial charge in [-0.2, -0.15) is 0 Å². The van der Waals surface area contributed by atoms with Gasteiger partial charge in [0.2, 0.25) is 0 Å². The first-order valence-corrected chi connectivity index (χ1v) is 14.2. The Bertz CT molecular complexity index is 620. The lowest BCUT2D eigenvalue weighted by atomic mass is 9.59. The highest BCUT2D eigenvalue weighted by Crippen LogP contribution is 2.50. The molecule has 7 atom stereocenters. The third-order valence-corrected chi connectivity index (χ3v) is 10.1. The van der Waals surface area contributed by atoms with Gasteiger partial charge in [-0.05, 0) is 85.4 Å². The summed E-state index contributed by atoms with van der Waals surface area (Å²) in [6, 6.07) is 0. The van der Waals surface area contributed by atoms with Crippen molar-refractivity contribution in [1.29, 1.82) is 0 Å². The van der Waals surface area contributed by atoms with Crippen LogP contribution in [0.25, 0.3) is 0 Å². The molecule has 0 heteroatoms. The molecule has 7 unspecified atom stereocenters. The smallest absolute Gasteiger partial charge is 0.00303 e. The monoisotopic (exact) mass is 456 g/mol. The Kier molecular flexibility index (Phi) is 12.2. The van der Waals surface area contributed by atoms with Gasteiger partial charge in [0.1, 0.15) is 0 Å². The van der Waals surface area contributed by atoms with E-state index in [1.165, 1.54) is 56.9 Å². The Hall–Kier alpha value is -0.780. The minimum absolute atomic E-state index is 0.0806. The molecule has 0 nitrogen and oxygen atoms in total. The lowest BCUT2D eigenvalue weighted by Crippen LogP contribution is -2.36. The van der Waals surface area contributed by atoms with Crippen LogP contribution in [0.4, 0.5) is 0 Å². The summed E-state index contributed by atoms with van der Waals surface area (Å²) in [7, 11) is 0. The van der Waals surface area contributed by atoms with Crippen LogP contribution in [0.3, 0.4) is 0 Å². The van der Waals surface area contributed by atoms with Gasteiger partial charge in [-0.15, -0.1) is 6.58 Å². The maximum Gasteiger partial charge on any atom is 0.00303 e. The zero-order valence-electron chi connectivity index (χ0n) is 24.3. The van der Waals surface area contributed by atoms with Crippen molar-refractivity contribution in [3.8, 4) is 0 Å². The Labute approximate surface area is 209 Å². The lowest BCUT2D eigenvalue weighted by Gasteiger charge is -2.46. The first-order chi connectivity index (χ1) is 15.2. The van der Waals surface area contributed by atoms with Gasteiger partial charge in [0, 0.05) is 5.41 Å². The van der Waals surface area contributed by atoms with Crippen molar-refractivity contribution >= 4 is 0 Å². The summed E-state index contributed by atoms with van der Waals surface area (Å²) in [6.07, 6.45) is 17.4. The maximum atomic E-state index is 4.47. The van der Waals surface area contributed by atoms with Crippen molar-refractivity contribution in [2.75, 3.05) is 0 Å². The van der Waals surface area contributed by atoms with Crippen molar-refractivity contribution in [1.82, 2.24) is 0 Å². The van der Waals surface area contributed by atoms with Crippen LogP contribution >= 0.6 is 0 Å². The van der Waals surface area contributed by atoms with E-state index < -0.39 is 0 Å². The Balaban J connectivity index is 2.56. The lowest BCUT2D eigenvalue weighted by molar-refractivity contribution is 0.100. The second-order valence-electron chi connectivity index (χ2n) is 13.4. The molecule has 1 aliphatic carbocycles. The molecule has 33 heavy (non-hydrogen) atoms. The van der Waals surface area contributed by atoms with E-state index in [0.717, 1.165) is 29.6 Å². The molecule has 0 bridgehead atoms. The second-order valence-corrected chi connectivity index (χ2v) is 13.4. The zero-order valence-corrected chi connectivity index (χ0v) is 24.3. The predicted octanol–water partition coefficient (Wildman–Crippen LogP) is 10.9. The first-order valence-electron chi connectivity index (χ1n) is 14.2. The fourth-order valence-electron chi connectivity index (χ4n) is 5.54. The topological polar surface area (TPSA) is 0 Å². The largest absolute Gasteiger partial charge is 0.102 e. The molecule has 0 amide bonds. The van der Waals surface area contributed by atoms with Crippen molar-refractivity contribution in [3.63, 3.8) is 0 Å². The summed E-state index contributed by atoms with van der Waals surface area (Å²) in [5, 5.41) is 0. The summed E-state index contributed by atoms with van der Waals surface area (Å²) in [6.45, 7) is 32.9. The molecular weight excluding hydrogens is 396 g/mol. The number of hydrogen-bond acceptors (Lipinski definition) is 0. The van der Waals surface area contributed by atoms with Crippen LogP contribution in [-0.4, -0.2) is 0 Å². The van der Waals surface area contributed by atoms with Crippen molar-refractivity contribution < 1.29 is 0 Å². The molecule has 0 aromatic rings. The van der Waals surface area contributed by atoms with E-state index in [4.69, 9.17) is 0 Å². The van der Waals surface area contributed by atoms with Gasteiger partial charge in [0.05, 0.1) is 0 Å². The van der Waals surface area contributed by atoms with Crippen molar-refractivity contribution in [2.45, 2.75) is 121 Å². The highest BCUT2D eigenvalue weighted by Gasteiger charge is 2.40. The van der Waals surface area contributed by atoms with Crippen LogP contribution in [-0.2, 0) is 0 Å². The number of rotatable bonds is 14. The molecule has 192 valence electrons. The molecule has 0 spiro atoms. The molecule has 0 saturated heterocycles. The Morgan fingerprint density at radius 3 is 2.06 bits per heavy atom. The third kappa shape index (κ3) is 9.41. The minimum Gasteiger partial charge on any atom is -0.102 e. The SMILES string of the molecule is C=CC(C)(C=CC(C)CCC(C)C(C)CCC(C)C(C)C)CCC1C(=C)CCC(C)C1(C)C. The van der Waals surface area contributed by atoms with Gasteiger partial charge in [0.25, 0.3) is 0 Å². The van der Waals surface area contributed by atoms with Crippen molar-refractivity contribution in [3.05, 3.63) is 37.0 Å². The van der Waals surface area contributed by atoms with Crippen LogP contribution in [0.5, 0.6) is 0 Å². The molecule has 0 aromatic heterocycles. The summed E-state index contributed by atoms with van der Waals surface area (Å²) in [5.41, 5.74) is 1.92. The van der Waals surface area contributed by atoms with Gasteiger partial charge < -0.3 is 0 Å². The van der Waals surface area contributed by atoms with Crippen LogP contribution in [0, 0.1) is 52.3 Å². The van der Waals surface area contributed by atoms with Gasteiger partial charge in [-0.25, -0.2) is 0 Å². The molecule has 0 aromatic carbocycles. The van der Waals surface area contributed by atoms with E-state index in [2.05, 4.69) is 101 Å². The van der Waals surface area contributed by atoms with E-state index in [-0.39, 0.29) is 5.41 Å². The van der Waals surface area contributed by atoms with Crippen LogP contribution in [0.15, 0.2) is 37.0 Å². The minimum atomic E-state index is 0.0806. The Morgan fingerprint density at radius 2 is 1.52 bits per heavy atom. The molecule has 1 aliphatic rings. The molecular formula is C33H60. The summed E-state index contributed by atoms with van der Waals surface area (Å²) < 4.78 is 0. The molecule has 0 radical (unpaired) electrons. The number of hydrogen-bond donors (Lipinski definition) is 0. The molecule has 0 aliphatic heterocycles. The van der Waals surface area contributed by atoms with E-state index in [1.807, 2.05) is 0 Å². The summed E-state index contributed by atoms with van der Waals surface area (Å²) >= 11 is 0. The van der Waals surface area contributed by atoms with Gasteiger partial charge >= 0.3 is 0 Å². The zero-order chi connectivity index (χ0) is 25.4. The van der Waals surface area contributed by atoms with Gasteiger partial charge in [-0.3, -0.25) is 0 Å². The van der Waals surface area contributed by atoms with Crippen LogP contribution in [0.1, 0.15) is 121 Å². The molecule has 0 heterocycles. The fourth-order valence-corrected chi connectivity index (χ4v) is 5.54. The van der Waals surface area contributed by atoms with Crippen LogP contribution in [0.2, 0.25) is 0 Å². The number of allylic oxidation sites excluding steroid dienone is 4. The first kappa shape index (κ1) is 30.3. The second kappa shape index (κ2) is 13.3.